The lowest BCUT2D eigenvalue weighted by Crippen LogP contribution is -2.46. The van der Waals surface area contributed by atoms with Crippen molar-refractivity contribution in [1.82, 2.24) is 9.88 Å². The maximum absolute atomic E-state index is 6.16. The molecule has 1 aromatic carbocycles. The summed E-state index contributed by atoms with van der Waals surface area (Å²) in [7, 11) is 0. The van der Waals surface area contributed by atoms with Crippen LogP contribution < -0.4 is 5.73 Å². The van der Waals surface area contributed by atoms with Gasteiger partial charge in [0.25, 0.3) is 0 Å². The second kappa shape index (κ2) is 4.83. The van der Waals surface area contributed by atoms with E-state index in [1.165, 1.54) is 29.2 Å². The molecule has 3 heterocycles. The Bertz CT molecular complexity index is 605. The highest BCUT2D eigenvalue weighted by atomic mass is 15.2. The van der Waals surface area contributed by atoms with Crippen LogP contribution in [0.2, 0.25) is 0 Å². The van der Waals surface area contributed by atoms with Gasteiger partial charge in [-0.1, -0.05) is 24.3 Å². The number of fused-ring (bicyclic) bond motifs is 3. The molecule has 4 rings (SSSR count). The summed E-state index contributed by atoms with van der Waals surface area (Å²) in [5, 5.41) is 2.59. The van der Waals surface area contributed by atoms with E-state index in [4.69, 9.17) is 5.73 Å². The van der Waals surface area contributed by atoms with E-state index in [1.54, 1.807) is 0 Å². The Morgan fingerprint density at radius 1 is 1.10 bits per heavy atom. The minimum atomic E-state index is 0.411. The van der Waals surface area contributed by atoms with Gasteiger partial charge in [0.15, 0.2) is 0 Å². The molecule has 3 nitrogen and oxygen atoms in total. The summed E-state index contributed by atoms with van der Waals surface area (Å²) < 4.78 is 0. The van der Waals surface area contributed by atoms with Gasteiger partial charge >= 0.3 is 0 Å². The number of nitrogens with two attached hydrogens (primary N) is 1. The summed E-state index contributed by atoms with van der Waals surface area (Å²) >= 11 is 0. The molecular formula is C17H21N3. The molecule has 2 aliphatic rings. The molecule has 2 N–H and O–H groups in total. The van der Waals surface area contributed by atoms with Crippen molar-refractivity contribution < 1.29 is 0 Å². The van der Waals surface area contributed by atoms with Gasteiger partial charge in [-0.15, -0.1) is 0 Å². The van der Waals surface area contributed by atoms with Crippen LogP contribution in [0.1, 0.15) is 31.2 Å². The van der Waals surface area contributed by atoms with Crippen molar-refractivity contribution in [2.45, 2.75) is 50.4 Å². The average Bonchev–Trinajstić information content (AvgIpc) is 2.70. The van der Waals surface area contributed by atoms with Crippen molar-refractivity contribution in [1.29, 1.82) is 0 Å². The standard InChI is InChI=1S/C17H21N3/c18-14-7-15-5-6-16(8-14)20(15)11-13-10-19-9-12-3-1-2-4-17(12)13/h1-4,9-10,14-16H,5-8,11,18H2. The molecule has 2 bridgehead atoms. The Balaban J connectivity index is 1.65. The summed E-state index contributed by atoms with van der Waals surface area (Å²) in [5.74, 6) is 0. The topological polar surface area (TPSA) is 42.1 Å². The molecule has 2 aromatic rings. The largest absolute Gasteiger partial charge is 0.328 e. The highest BCUT2D eigenvalue weighted by Gasteiger charge is 2.39. The summed E-state index contributed by atoms with van der Waals surface area (Å²) in [4.78, 5) is 7.09. The van der Waals surface area contributed by atoms with Crippen molar-refractivity contribution >= 4 is 10.8 Å². The van der Waals surface area contributed by atoms with E-state index in [2.05, 4.69) is 34.1 Å². The van der Waals surface area contributed by atoms with Crippen molar-refractivity contribution in [2.24, 2.45) is 5.73 Å². The Kier molecular flexibility index (Phi) is 2.97. The van der Waals surface area contributed by atoms with Gasteiger partial charge in [-0.05, 0) is 36.6 Å². The lowest BCUT2D eigenvalue weighted by atomic mass is 9.97. The molecule has 0 amide bonds. The Morgan fingerprint density at radius 2 is 1.85 bits per heavy atom. The monoisotopic (exact) mass is 267 g/mol. The van der Waals surface area contributed by atoms with Crippen LogP contribution in [0.5, 0.6) is 0 Å². The summed E-state index contributed by atoms with van der Waals surface area (Å²) in [5.41, 5.74) is 7.52. The van der Waals surface area contributed by atoms with E-state index in [1.807, 2.05) is 12.4 Å². The molecule has 2 unspecified atom stereocenters. The number of nitrogens with zero attached hydrogens (tertiary/aromatic N) is 2. The van der Waals surface area contributed by atoms with Gasteiger partial charge in [0.1, 0.15) is 0 Å². The highest BCUT2D eigenvalue weighted by Crippen LogP contribution is 2.36. The number of hydrogen-bond donors (Lipinski definition) is 1. The number of piperidine rings is 1. The van der Waals surface area contributed by atoms with Gasteiger partial charge in [-0.2, -0.15) is 0 Å². The maximum Gasteiger partial charge on any atom is 0.0346 e. The summed E-state index contributed by atoms with van der Waals surface area (Å²) in [6.45, 7) is 1.02. The fraction of sp³-hybridized carbons (Fsp3) is 0.471. The van der Waals surface area contributed by atoms with Crippen LogP contribution in [0.25, 0.3) is 10.8 Å². The predicted molar refractivity (Wildman–Crippen MR) is 81.3 cm³/mol. The Labute approximate surface area is 119 Å². The molecule has 0 spiro atoms. The fourth-order valence-corrected chi connectivity index (χ4v) is 4.08. The Morgan fingerprint density at radius 3 is 2.65 bits per heavy atom. The molecule has 1 aromatic heterocycles. The zero-order chi connectivity index (χ0) is 13.5. The highest BCUT2D eigenvalue weighted by molar-refractivity contribution is 5.84. The van der Waals surface area contributed by atoms with Crippen LogP contribution >= 0.6 is 0 Å². The Hall–Kier alpha value is -1.45. The molecule has 2 fully saturated rings. The second-order valence-corrected chi connectivity index (χ2v) is 6.31. The van der Waals surface area contributed by atoms with E-state index < -0.39 is 0 Å². The summed E-state index contributed by atoms with van der Waals surface area (Å²) in [6, 6.07) is 10.3. The van der Waals surface area contributed by atoms with Crippen molar-refractivity contribution in [3.8, 4) is 0 Å². The predicted octanol–water partition coefficient (Wildman–Crippen LogP) is 2.69. The van der Waals surface area contributed by atoms with Gasteiger partial charge < -0.3 is 5.73 Å². The van der Waals surface area contributed by atoms with Crippen molar-refractivity contribution in [2.75, 3.05) is 0 Å². The third-order valence-corrected chi connectivity index (χ3v) is 5.02. The minimum absolute atomic E-state index is 0.411. The van der Waals surface area contributed by atoms with Crippen LogP contribution in [0, 0.1) is 0 Å². The van der Waals surface area contributed by atoms with Crippen LogP contribution in [-0.2, 0) is 6.54 Å². The molecule has 0 aliphatic carbocycles. The molecule has 104 valence electrons. The van der Waals surface area contributed by atoms with Gasteiger partial charge in [0.2, 0.25) is 0 Å². The smallest absolute Gasteiger partial charge is 0.0346 e. The van der Waals surface area contributed by atoms with Crippen LogP contribution in [0.3, 0.4) is 0 Å². The third-order valence-electron chi connectivity index (χ3n) is 5.02. The second-order valence-electron chi connectivity index (χ2n) is 6.31. The molecule has 0 radical (unpaired) electrons. The van der Waals surface area contributed by atoms with Gasteiger partial charge in [0, 0.05) is 42.5 Å². The summed E-state index contributed by atoms with van der Waals surface area (Å²) in [6.07, 6.45) is 8.95. The van der Waals surface area contributed by atoms with E-state index in [0.29, 0.717) is 18.1 Å². The number of aromatic nitrogens is 1. The number of benzene rings is 1. The van der Waals surface area contributed by atoms with E-state index in [0.717, 1.165) is 19.4 Å². The maximum atomic E-state index is 6.16. The molecular weight excluding hydrogens is 246 g/mol. The quantitative estimate of drug-likeness (QED) is 0.909. The fourth-order valence-electron chi connectivity index (χ4n) is 4.08. The normalized spacial score (nSPS) is 29.9. The first kappa shape index (κ1) is 12.3. The van der Waals surface area contributed by atoms with Crippen LogP contribution in [0.15, 0.2) is 36.7 Å². The van der Waals surface area contributed by atoms with Crippen molar-refractivity contribution in [3.63, 3.8) is 0 Å². The molecule has 20 heavy (non-hydrogen) atoms. The zero-order valence-corrected chi connectivity index (χ0v) is 11.7. The third kappa shape index (κ3) is 2.02. The first-order valence-corrected chi connectivity index (χ1v) is 7.64. The van der Waals surface area contributed by atoms with E-state index >= 15 is 0 Å². The van der Waals surface area contributed by atoms with Gasteiger partial charge in [-0.25, -0.2) is 0 Å². The lowest BCUT2D eigenvalue weighted by molar-refractivity contribution is 0.120. The molecule has 3 heteroatoms. The molecule has 0 saturated carbocycles. The van der Waals surface area contributed by atoms with Gasteiger partial charge in [-0.3, -0.25) is 9.88 Å². The number of pyridine rings is 1. The number of rotatable bonds is 2. The van der Waals surface area contributed by atoms with Crippen LogP contribution in [-0.4, -0.2) is 28.0 Å². The average molecular weight is 267 g/mol. The van der Waals surface area contributed by atoms with Crippen molar-refractivity contribution in [3.05, 3.63) is 42.2 Å². The van der Waals surface area contributed by atoms with E-state index in [-0.39, 0.29) is 0 Å². The molecule has 2 atom stereocenters. The minimum Gasteiger partial charge on any atom is -0.328 e. The van der Waals surface area contributed by atoms with Gasteiger partial charge in [0.05, 0.1) is 0 Å². The lowest BCUT2D eigenvalue weighted by Gasteiger charge is -2.37. The van der Waals surface area contributed by atoms with Crippen LogP contribution in [0.4, 0.5) is 0 Å². The first-order chi connectivity index (χ1) is 9.81. The molecule has 2 saturated heterocycles. The molecule has 2 aliphatic heterocycles. The number of hydrogen-bond acceptors (Lipinski definition) is 3. The van der Waals surface area contributed by atoms with E-state index in [9.17, 15) is 0 Å². The zero-order valence-electron chi connectivity index (χ0n) is 11.7. The SMILES string of the molecule is NC1CC2CCC(C1)N2Cc1cncc2ccccc12. The first-order valence-electron chi connectivity index (χ1n) is 7.64.